The van der Waals surface area contributed by atoms with Gasteiger partial charge in [0.1, 0.15) is 16.6 Å². The maximum atomic E-state index is 15.6. The number of morpholine rings is 1. The number of hydrazine groups is 1. The fourth-order valence-electron chi connectivity index (χ4n) is 14.0. The van der Waals surface area contributed by atoms with Gasteiger partial charge in [0.2, 0.25) is 5.91 Å². The zero-order chi connectivity index (χ0) is 54.9. The predicted octanol–water partition coefficient (Wildman–Crippen LogP) is 6.94. The van der Waals surface area contributed by atoms with E-state index in [4.69, 9.17) is 33.7 Å². The molecule has 1 spiro atoms. The van der Waals surface area contributed by atoms with E-state index in [1.54, 1.807) is 18.3 Å². The lowest BCUT2D eigenvalue weighted by molar-refractivity contribution is -0.180. The summed E-state index contributed by atoms with van der Waals surface area (Å²) in [6, 6.07) is 13.8. The lowest BCUT2D eigenvalue weighted by Gasteiger charge is -2.55. The van der Waals surface area contributed by atoms with Crippen LogP contribution in [0.2, 0.25) is 0 Å². The molecule has 0 radical (unpaired) electrons. The first kappa shape index (κ1) is 53.9. The molecular formula is C61H78N10O8S. The van der Waals surface area contributed by atoms with Crippen molar-refractivity contribution in [2.45, 2.75) is 121 Å². The molecule has 6 atom stereocenters. The minimum atomic E-state index is -1.09. The zero-order valence-electron chi connectivity index (χ0n) is 47.1. The van der Waals surface area contributed by atoms with Crippen molar-refractivity contribution in [1.29, 1.82) is 0 Å². The molecule has 5 saturated heterocycles. The van der Waals surface area contributed by atoms with Gasteiger partial charge in [-0.15, -0.1) is 11.3 Å². The molecule has 9 aliphatic rings. The Morgan fingerprint density at radius 2 is 1.74 bits per heavy atom. The second kappa shape index (κ2) is 22.1. The number of methoxy groups -OCH3 is 1. The highest BCUT2D eigenvalue weighted by molar-refractivity contribution is 7.10. The van der Waals surface area contributed by atoms with Gasteiger partial charge < -0.3 is 38.5 Å². The summed E-state index contributed by atoms with van der Waals surface area (Å²) in [7, 11) is 1.75. The number of carbonyl (C=O) groups excluding carboxylic acids is 3. The van der Waals surface area contributed by atoms with E-state index in [1.165, 1.54) is 24.2 Å². The molecule has 14 rings (SSSR count). The molecule has 1 aromatic carbocycles. The third-order valence-electron chi connectivity index (χ3n) is 18.7. The summed E-state index contributed by atoms with van der Waals surface area (Å²) in [6.07, 6.45) is 9.58. The number of cyclic esters (lactones) is 1. The number of piperazine rings is 1. The Kier molecular flexibility index (Phi) is 14.9. The fraction of sp³-hybridized carbons (Fsp3) is 0.607. The molecule has 2 N–H and O–H groups in total. The average Bonchev–Trinajstić information content (AvgIpc) is 4.42. The first-order chi connectivity index (χ1) is 38.8. The van der Waals surface area contributed by atoms with E-state index in [2.05, 4.69) is 92.3 Å². The highest BCUT2D eigenvalue weighted by Crippen LogP contribution is 2.54. The number of hydrogen-bond acceptors (Lipinski definition) is 16. The van der Waals surface area contributed by atoms with Crippen molar-refractivity contribution in [3.8, 4) is 22.5 Å². The number of anilines is 1. The van der Waals surface area contributed by atoms with Crippen molar-refractivity contribution in [3.05, 3.63) is 82.2 Å². The van der Waals surface area contributed by atoms with E-state index in [9.17, 15) is 9.59 Å². The van der Waals surface area contributed by atoms with Gasteiger partial charge in [-0.25, -0.2) is 15.2 Å². The van der Waals surface area contributed by atoms with Gasteiger partial charge in [0.15, 0.2) is 0 Å². The SMILES string of the molecule is CO[C@@H](C)c1ncc(N2CCN(C3CC3)CC2)cc1-c1c2c3cc(ccc3n1CCOC1CCOCC1)-c1csc(n1)[C@@H](N1CCOCC1)[C@H](NC(=O)[C@@H]1[C@@H](C)[C@H]1c1ccccn1)C(=O)N1CC3CC(C3)(N1)C(=O)OCC(C)(C)C2. The number of pyridine rings is 2. The monoisotopic (exact) mass is 1110 g/mol. The number of ether oxygens (including phenoxy) is 5. The van der Waals surface area contributed by atoms with E-state index in [0.29, 0.717) is 83.5 Å². The minimum Gasteiger partial charge on any atom is -0.464 e. The Morgan fingerprint density at radius 3 is 2.49 bits per heavy atom. The topological polar surface area (TPSA) is 178 Å². The van der Waals surface area contributed by atoms with Crippen LogP contribution in [-0.4, -0.2) is 168 Å². The molecule has 80 heavy (non-hydrogen) atoms. The van der Waals surface area contributed by atoms with Crippen molar-refractivity contribution in [3.63, 3.8) is 0 Å². The van der Waals surface area contributed by atoms with Gasteiger partial charge in [0, 0.05) is 135 Å². The number of esters is 1. The quantitative estimate of drug-likeness (QED) is 0.116. The Bertz CT molecular complexity index is 3080. The first-order valence-electron chi connectivity index (χ1n) is 29.5. The fourth-order valence-corrected chi connectivity index (χ4v) is 15.0. The summed E-state index contributed by atoms with van der Waals surface area (Å²) < 4.78 is 33.4. The van der Waals surface area contributed by atoms with Crippen molar-refractivity contribution in [2.24, 2.45) is 23.2 Å². The maximum Gasteiger partial charge on any atom is 0.328 e. The Balaban J connectivity index is 0.948. The predicted molar refractivity (Wildman–Crippen MR) is 304 cm³/mol. The van der Waals surface area contributed by atoms with Crippen LogP contribution in [0.3, 0.4) is 0 Å². The molecule has 426 valence electrons. The number of amides is 2. The van der Waals surface area contributed by atoms with Gasteiger partial charge in [0.05, 0.1) is 73.6 Å². The summed E-state index contributed by atoms with van der Waals surface area (Å²) in [6.45, 7) is 17.4. The van der Waals surface area contributed by atoms with Gasteiger partial charge in [-0.1, -0.05) is 32.9 Å². The maximum absolute atomic E-state index is 15.6. The summed E-state index contributed by atoms with van der Waals surface area (Å²) in [5, 5.41) is 8.81. The van der Waals surface area contributed by atoms with E-state index >= 15 is 4.79 Å². The minimum absolute atomic E-state index is 0.0354. The number of thiazole rings is 1. The molecule has 18 nitrogen and oxygen atoms in total. The van der Waals surface area contributed by atoms with Gasteiger partial charge in [-0.05, 0) is 99.6 Å². The average molecular weight is 1110 g/mol. The molecule has 4 aromatic heterocycles. The standard InChI is InChI=1S/C61H78N10O8S/c1-37-50(47-8-6-7-15-62-47)51(37)56(72)65-53-55(69-20-25-77-26-21-69)57-64-48(35-80-57)40-9-12-49-44(28-40)46(32-60(3,4)36-79-59(74)61-30-39(31-61)34-71(66-61)58(53)73)54(70(49)22-27-78-43-13-23-76-24-14-43)45-29-42(33-63-52(45)38(2)75-5)68-18-16-67(17-19-68)41-10-11-41/h6-9,12,15,28-29,33,35,37-39,41,43,50-51,53,55,66H,10-11,13-14,16-27,30-32,34,36H2,1-5H3,(H,65,72)/t37-,38-,39?,50-,51+,53-,55-,61?/m0/s1. The van der Waals surface area contributed by atoms with Crippen LogP contribution >= 0.6 is 11.3 Å². The number of carbonyl (C=O) groups is 3. The lowest BCUT2D eigenvalue weighted by atomic mass is 9.66. The van der Waals surface area contributed by atoms with E-state index in [-0.39, 0.29) is 60.3 Å². The van der Waals surface area contributed by atoms with Crippen LogP contribution in [0.5, 0.6) is 0 Å². The van der Waals surface area contributed by atoms with E-state index in [0.717, 1.165) is 101 Å². The van der Waals surface area contributed by atoms with E-state index in [1.807, 2.05) is 24.4 Å². The summed E-state index contributed by atoms with van der Waals surface area (Å²) in [4.78, 5) is 68.0. The molecule has 3 aliphatic carbocycles. The molecule has 5 aromatic rings. The number of fused-ring (bicyclic) bond motifs is 4. The summed E-state index contributed by atoms with van der Waals surface area (Å²) in [5.74, 6) is -1.19. The summed E-state index contributed by atoms with van der Waals surface area (Å²) >= 11 is 1.51. The second-order valence-electron chi connectivity index (χ2n) is 24.8. The van der Waals surface area contributed by atoms with Gasteiger partial charge in [0.25, 0.3) is 5.91 Å². The van der Waals surface area contributed by atoms with Crippen LogP contribution < -0.4 is 15.6 Å². The molecular weight excluding hydrogens is 1030 g/mol. The molecule has 7 bridgehead atoms. The number of nitrogens with one attached hydrogen (secondary N) is 2. The highest BCUT2D eigenvalue weighted by atomic mass is 32.1. The lowest BCUT2D eigenvalue weighted by Crippen LogP contribution is -2.75. The molecule has 6 aliphatic heterocycles. The van der Waals surface area contributed by atoms with Crippen LogP contribution in [0.25, 0.3) is 33.4 Å². The first-order valence-corrected chi connectivity index (χ1v) is 30.3. The number of nitrogens with zero attached hydrogens (tertiary/aromatic N) is 8. The van der Waals surface area contributed by atoms with Gasteiger partial charge in [-0.3, -0.25) is 34.4 Å². The zero-order valence-corrected chi connectivity index (χ0v) is 47.9. The third kappa shape index (κ3) is 10.5. The van der Waals surface area contributed by atoms with Crippen LogP contribution in [-0.2, 0) is 51.0 Å². The molecule has 3 saturated carbocycles. The van der Waals surface area contributed by atoms with Crippen molar-refractivity contribution < 1.29 is 38.1 Å². The molecule has 10 heterocycles. The Morgan fingerprint density at radius 1 is 0.950 bits per heavy atom. The third-order valence-corrected chi connectivity index (χ3v) is 19.6. The van der Waals surface area contributed by atoms with E-state index < -0.39 is 23.0 Å². The van der Waals surface area contributed by atoms with Crippen molar-refractivity contribution in [1.82, 2.24) is 45.1 Å². The molecule has 8 fully saturated rings. The van der Waals surface area contributed by atoms with Crippen molar-refractivity contribution in [2.75, 3.05) is 97.5 Å². The van der Waals surface area contributed by atoms with Crippen LogP contribution in [0.1, 0.15) is 106 Å². The van der Waals surface area contributed by atoms with Crippen LogP contribution in [0.15, 0.2) is 60.2 Å². The van der Waals surface area contributed by atoms with Crippen molar-refractivity contribution >= 4 is 45.7 Å². The number of aromatic nitrogens is 4. The van der Waals surface area contributed by atoms with Crippen LogP contribution in [0.4, 0.5) is 5.69 Å². The van der Waals surface area contributed by atoms with Gasteiger partial charge >= 0.3 is 5.97 Å². The molecule has 0 unspecified atom stereocenters. The largest absolute Gasteiger partial charge is 0.464 e. The number of rotatable bonds is 13. The Labute approximate surface area is 473 Å². The highest BCUT2D eigenvalue weighted by Gasteiger charge is 2.59. The summed E-state index contributed by atoms with van der Waals surface area (Å²) in [5.41, 5.74) is 10.5. The number of hydrogen-bond donors (Lipinski definition) is 2. The van der Waals surface area contributed by atoms with Crippen LogP contribution in [0, 0.1) is 23.2 Å². The normalized spacial score (nSPS) is 29.0. The number of benzene rings is 1. The molecule has 2 amide bonds. The Hall–Kier alpha value is -5.38. The smallest absolute Gasteiger partial charge is 0.328 e. The molecule has 19 heteroatoms. The van der Waals surface area contributed by atoms with Gasteiger partial charge in [-0.2, -0.15) is 0 Å². The second-order valence-corrected chi connectivity index (χ2v) is 25.7.